The van der Waals surface area contributed by atoms with Crippen LogP contribution in [0.15, 0.2) is 30.3 Å². The van der Waals surface area contributed by atoms with E-state index in [1.54, 1.807) is 5.30 Å². The van der Waals surface area contributed by atoms with Crippen molar-refractivity contribution in [3.8, 4) is 0 Å². The quantitative estimate of drug-likeness (QED) is 0.419. The molecule has 0 aliphatic carbocycles. The van der Waals surface area contributed by atoms with E-state index in [2.05, 4.69) is 59.8 Å². The molecule has 1 heterocycles. The zero-order valence-electron chi connectivity index (χ0n) is 10.0. The molecule has 2 rings (SSSR count). The van der Waals surface area contributed by atoms with Crippen LogP contribution in [0.3, 0.4) is 0 Å². The molecule has 2 unspecified atom stereocenters. The van der Waals surface area contributed by atoms with Gasteiger partial charge in [0.15, 0.2) is 0 Å². The molecule has 0 N–H and O–H groups in total. The largest absolute Gasteiger partial charge is 0.114 e. The Hall–Kier alpha value is 0.380. The highest BCUT2D eigenvalue weighted by atomic mass is 127. The van der Waals surface area contributed by atoms with Crippen LogP contribution in [0.5, 0.6) is 0 Å². The first-order valence-electron chi connectivity index (χ1n) is 6.24. The maximum atomic E-state index is 2.64. The molecule has 1 aromatic rings. The molecule has 0 spiro atoms. The summed E-state index contributed by atoms with van der Waals surface area (Å²) in [6.45, 7) is 2.43. The fourth-order valence-corrected chi connectivity index (χ4v) is 9.53. The minimum absolute atomic E-state index is 0.818. The molecule has 0 saturated carbocycles. The molecule has 0 bridgehead atoms. The van der Waals surface area contributed by atoms with Gasteiger partial charge in [0, 0.05) is 0 Å². The van der Waals surface area contributed by atoms with Gasteiger partial charge in [0.05, 0.1) is 24.9 Å². The molecular weight excluding hydrogens is 326 g/mol. The monoisotopic (exact) mass is 347 g/mol. The highest BCUT2D eigenvalue weighted by molar-refractivity contribution is 14.1. The lowest BCUT2D eigenvalue weighted by Gasteiger charge is -2.23. The zero-order chi connectivity index (χ0) is 11.4. The van der Waals surface area contributed by atoms with Crippen molar-refractivity contribution in [1.82, 2.24) is 0 Å². The summed E-state index contributed by atoms with van der Waals surface area (Å²) in [7, 11) is -0.818. The van der Waals surface area contributed by atoms with E-state index in [-0.39, 0.29) is 0 Å². The van der Waals surface area contributed by atoms with Crippen molar-refractivity contribution < 1.29 is 0 Å². The Morgan fingerprint density at radius 2 is 1.94 bits per heavy atom. The van der Waals surface area contributed by atoms with Crippen LogP contribution in [0.4, 0.5) is 0 Å². The maximum absolute atomic E-state index is 2.64. The summed E-state index contributed by atoms with van der Waals surface area (Å²) >= 11 is 2.64. The van der Waals surface area contributed by atoms with Gasteiger partial charge >= 0.3 is 0 Å². The van der Waals surface area contributed by atoms with Crippen LogP contribution >= 0.6 is 29.9 Å². The van der Waals surface area contributed by atoms with E-state index in [9.17, 15) is 0 Å². The standard InChI is InChI=1S/C14H21IP/c1-13-6-5-10-16(12-15,11-9-13)14-7-3-2-4-8-14/h2-4,7-8,13H,5-6,9-12H2,1H3/q+1. The third kappa shape index (κ3) is 2.79. The highest BCUT2D eigenvalue weighted by Crippen LogP contribution is 2.61. The third-order valence-electron chi connectivity index (χ3n) is 3.87. The lowest BCUT2D eigenvalue weighted by Crippen LogP contribution is -2.17. The molecule has 1 aliphatic heterocycles. The SMILES string of the molecule is CC1CCC[P+](CI)(c2ccccc2)CC1. The summed E-state index contributed by atoms with van der Waals surface area (Å²) in [5.41, 5.74) is 0. The van der Waals surface area contributed by atoms with Crippen molar-refractivity contribution in [3.63, 3.8) is 0 Å². The first-order valence-corrected chi connectivity index (χ1v) is 10.1. The second-order valence-electron chi connectivity index (χ2n) is 5.08. The fourth-order valence-electron chi connectivity index (χ4n) is 2.66. The first-order chi connectivity index (χ1) is 7.77. The number of hydrogen-bond acceptors (Lipinski definition) is 0. The smallest absolute Gasteiger partial charge is 0.0624 e. The summed E-state index contributed by atoms with van der Waals surface area (Å²) in [5, 5.41) is 1.68. The summed E-state index contributed by atoms with van der Waals surface area (Å²) in [5.74, 6) is 0.952. The van der Waals surface area contributed by atoms with Crippen LogP contribution in [0.25, 0.3) is 0 Å². The average molecular weight is 347 g/mol. The van der Waals surface area contributed by atoms with Gasteiger partial charge in [-0.15, -0.1) is 0 Å². The predicted octanol–water partition coefficient (Wildman–Crippen LogP) is 4.54. The molecule has 0 amide bonds. The highest BCUT2D eigenvalue weighted by Gasteiger charge is 2.39. The number of rotatable bonds is 2. The fraction of sp³-hybridized carbons (Fsp3) is 0.571. The first kappa shape index (κ1) is 12.8. The van der Waals surface area contributed by atoms with Gasteiger partial charge in [-0.2, -0.15) is 0 Å². The second-order valence-corrected chi connectivity index (χ2v) is 11.1. The Balaban J connectivity index is 2.25. The lowest BCUT2D eigenvalue weighted by atomic mass is 10.0. The minimum Gasteiger partial charge on any atom is -0.0624 e. The molecular formula is C14H21IP+. The Morgan fingerprint density at radius 1 is 1.19 bits per heavy atom. The van der Waals surface area contributed by atoms with E-state index in [0.29, 0.717) is 0 Å². The van der Waals surface area contributed by atoms with Crippen molar-refractivity contribution in [1.29, 1.82) is 0 Å². The zero-order valence-corrected chi connectivity index (χ0v) is 13.1. The molecule has 2 atom stereocenters. The number of benzene rings is 1. The van der Waals surface area contributed by atoms with Gasteiger partial charge in [0.25, 0.3) is 0 Å². The van der Waals surface area contributed by atoms with Gasteiger partial charge in [-0.25, -0.2) is 0 Å². The Kier molecular flexibility index (Phi) is 4.66. The van der Waals surface area contributed by atoms with E-state index in [1.807, 2.05) is 0 Å². The second kappa shape index (κ2) is 5.82. The van der Waals surface area contributed by atoms with Crippen molar-refractivity contribution in [2.75, 3.05) is 16.5 Å². The Bertz CT molecular complexity index is 325. The Morgan fingerprint density at radius 3 is 2.62 bits per heavy atom. The van der Waals surface area contributed by atoms with E-state index < -0.39 is 7.26 Å². The maximum Gasteiger partial charge on any atom is 0.114 e. The van der Waals surface area contributed by atoms with Crippen LogP contribution in [-0.2, 0) is 0 Å². The Labute approximate surface area is 114 Å². The van der Waals surface area contributed by atoms with E-state index in [1.165, 1.54) is 35.8 Å². The summed E-state index contributed by atoms with van der Waals surface area (Å²) in [6.07, 6.45) is 7.33. The molecule has 1 aromatic carbocycles. The van der Waals surface area contributed by atoms with Gasteiger partial charge in [0.2, 0.25) is 0 Å². The average Bonchev–Trinajstić information content (AvgIpc) is 2.53. The van der Waals surface area contributed by atoms with Gasteiger partial charge in [-0.3, -0.25) is 0 Å². The predicted molar refractivity (Wildman–Crippen MR) is 84.6 cm³/mol. The van der Waals surface area contributed by atoms with Crippen LogP contribution in [0.1, 0.15) is 26.2 Å². The molecule has 2 heteroatoms. The molecule has 0 aromatic heterocycles. The summed E-state index contributed by atoms with van der Waals surface area (Å²) < 4.78 is 1.38. The van der Waals surface area contributed by atoms with E-state index in [0.717, 1.165) is 5.92 Å². The van der Waals surface area contributed by atoms with Gasteiger partial charge in [-0.05, 0) is 59.9 Å². The van der Waals surface area contributed by atoms with Crippen molar-refractivity contribution in [3.05, 3.63) is 30.3 Å². The minimum atomic E-state index is -0.818. The van der Waals surface area contributed by atoms with Crippen molar-refractivity contribution in [2.45, 2.75) is 26.2 Å². The van der Waals surface area contributed by atoms with Gasteiger partial charge in [0.1, 0.15) is 4.17 Å². The number of alkyl halides is 1. The van der Waals surface area contributed by atoms with Gasteiger partial charge < -0.3 is 0 Å². The molecule has 1 fully saturated rings. The van der Waals surface area contributed by atoms with E-state index >= 15 is 0 Å². The topological polar surface area (TPSA) is 0 Å². The number of hydrogen-bond donors (Lipinski definition) is 0. The van der Waals surface area contributed by atoms with E-state index in [4.69, 9.17) is 0 Å². The van der Waals surface area contributed by atoms with Crippen LogP contribution in [-0.4, -0.2) is 16.5 Å². The van der Waals surface area contributed by atoms with Crippen molar-refractivity contribution in [2.24, 2.45) is 5.92 Å². The van der Waals surface area contributed by atoms with Crippen molar-refractivity contribution >= 4 is 35.2 Å². The number of halogens is 1. The van der Waals surface area contributed by atoms with Crippen LogP contribution in [0, 0.1) is 5.92 Å². The lowest BCUT2D eigenvalue weighted by molar-refractivity contribution is 0.523. The van der Waals surface area contributed by atoms with Crippen LogP contribution in [0.2, 0.25) is 0 Å². The normalized spacial score (nSPS) is 31.0. The molecule has 88 valence electrons. The molecule has 1 saturated heterocycles. The molecule has 0 nitrogen and oxygen atoms in total. The van der Waals surface area contributed by atoms with Crippen LogP contribution < -0.4 is 5.30 Å². The molecule has 0 radical (unpaired) electrons. The third-order valence-corrected chi connectivity index (χ3v) is 11.9. The summed E-state index contributed by atoms with van der Waals surface area (Å²) in [6, 6.07) is 11.3. The van der Waals surface area contributed by atoms with Gasteiger partial charge in [-0.1, -0.05) is 25.1 Å². The summed E-state index contributed by atoms with van der Waals surface area (Å²) in [4.78, 5) is 0. The molecule has 16 heavy (non-hydrogen) atoms. The molecule has 1 aliphatic rings.